The largest absolute Gasteiger partial charge is 0.486 e. The Bertz CT molecular complexity index is 749. The molecule has 0 saturated heterocycles. The van der Waals surface area contributed by atoms with Gasteiger partial charge in [-0.3, -0.25) is 4.79 Å². The molecule has 0 bridgehead atoms. The number of carbonyl (C=O) groups excluding carboxylic acids is 1. The van der Waals surface area contributed by atoms with Gasteiger partial charge in [0.05, 0.1) is 0 Å². The Balaban J connectivity index is 1.59. The summed E-state index contributed by atoms with van der Waals surface area (Å²) in [6.07, 6.45) is 1.59. The molecule has 126 valence electrons. The molecule has 7 heteroatoms. The lowest BCUT2D eigenvalue weighted by molar-refractivity contribution is -0.148. The third-order valence-corrected chi connectivity index (χ3v) is 4.05. The smallest absolute Gasteiger partial charge is 0.329 e. The number of ether oxygens (including phenoxy) is 1. The first-order valence-electron chi connectivity index (χ1n) is 7.51. The maximum absolute atomic E-state index is 12.8. The van der Waals surface area contributed by atoms with Gasteiger partial charge in [0.15, 0.2) is 5.76 Å². The summed E-state index contributed by atoms with van der Waals surface area (Å²) in [5, 5.41) is 11.7. The van der Waals surface area contributed by atoms with E-state index in [4.69, 9.17) is 9.15 Å². The molecule has 3 rings (SSSR count). The predicted molar refractivity (Wildman–Crippen MR) is 81.1 cm³/mol. The number of hydrogen-bond donors (Lipinski definition) is 2. The van der Waals surface area contributed by atoms with Crippen molar-refractivity contribution in [1.29, 1.82) is 0 Å². The van der Waals surface area contributed by atoms with Crippen LogP contribution in [0.15, 0.2) is 40.8 Å². The molecule has 0 radical (unpaired) electrons. The minimum Gasteiger partial charge on any atom is -0.486 e. The number of furan rings is 1. The highest BCUT2D eigenvalue weighted by Gasteiger charge is 2.46. The molecule has 24 heavy (non-hydrogen) atoms. The number of hydrogen-bond acceptors (Lipinski definition) is 4. The molecular formula is C17H16FNO5. The molecule has 1 fully saturated rings. The minimum atomic E-state index is -1.19. The van der Waals surface area contributed by atoms with Crippen LogP contribution in [-0.4, -0.2) is 22.5 Å². The van der Waals surface area contributed by atoms with E-state index in [0.29, 0.717) is 24.4 Å². The SMILES string of the molecule is O=C(NC1(C(=O)O)CCC1)c1ccc(COc2ccc(F)cc2)o1. The maximum Gasteiger partial charge on any atom is 0.329 e. The number of benzene rings is 1. The molecule has 1 aromatic heterocycles. The molecule has 6 nitrogen and oxygen atoms in total. The second kappa shape index (κ2) is 6.35. The zero-order chi connectivity index (χ0) is 17.2. The number of carboxylic acid groups (broad SMARTS) is 1. The van der Waals surface area contributed by atoms with Crippen LogP contribution < -0.4 is 10.1 Å². The Hall–Kier alpha value is -2.83. The summed E-state index contributed by atoms with van der Waals surface area (Å²) in [5.41, 5.74) is -1.19. The van der Waals surface area contributed by atoms with Gasteiger partial charge < -0.3 is 19.6 Å². The van der Waals surface area contributed by atoms with Crippen molar-refractivity contribution in [3.63, 3.8) is 0 Å². The highest BCUT2D eigenvalue weighted by Crippen LogP contribution is 2.32. The lowest BCUT2D eigenvalue weighted by atomic mass is 9.76. The van der Waals surface area contributed by atoms with E-state index in [0.717, 1.165) is 6.42 Å². The van der Waals surface area contributed by atoms with Crippen LogP contribution in [-0.2, 0) is 11.4 Å². The second-order valence-electron chi connectivity index (χ2n) is 5.70. The zero-order valence-electron chi connectivity index (χ0n) is 12.8. The summed E-state index contributed by atoms with van der Waals surface area (Å²) in [7, 11) is 0. The van der Waals surface area contributed by atoms with Gasteiger partial charge in [-0.1, -0.05) is 0 Å². The van der Waals surface area contributed by atoms with Crippen molar-refractivity contribution in [1.82, 2.24) is 5.32 Å². The fourth-order valence-electron chi connectivity index (χ4n) is 2.46. The number of halogens is 1. The molecule has 1 aliphatic rings. The average Bonchev–Trinajstić information content (AvgIpc) is 2.99. The molecule has 1 aliphatic carbocycles. The summed E-state index contributed by atoms with van der Waals surface area (Å²) in [4.78, 5) is 23.4. The Morgan fingerprint density at radius 3 is 2.50 bits per heavy atom. The molecule has 1 saturated carbocycles. The summed E-state index contributed by atoms with van der Waals surface area (Å²) in [6, 6.07) is 8.57. The number of carbonyl (C=O) groups is 2. The molecule has 2 N–H and O–H groups in total. The van der Waals surface area contributed by atoms with Crippen molar-refractivity contribution in [2.75, 3.05) is 0 Å². The third-order valence-electron chi connectivity index (χ3n) is 4.05. The van der Waals surface area contributed by atoms with E-state index in [1.807, 2.05) is 0 Å². The third kappa shape index (κ3) is 3.24. The number of nitrogens with one attached hydrogen (secondary N) is 1. The normalized spacial score (nSPS) is 15.4. The maximum atomic E-state index is 12.8. The van der Waals surface area contributed by atoms with E-state index < -0.39 is 17.4 Å². The quantitative estimate of drug-likeness (QED) is 0.848. The molecule has 0 unspecified atom stereocenters. The lowest BCUT2D eigenvalue weighted by Gasteiger charge is -2.37. The van der Waals surface area contributed by atoms with Crippen LogP contribution in [0.1, 0.15) is 35.6 Å². The topological polar surface area (TPSA) is 88.8 Å². The Morgan fingerprint density at radius 1 is 1.21 bits per heavy atom. The molecule has 0 atom stereocenters. The number of rotatable bonds is 6. The Labute approximate surface area is 137 Å². The zero-order valence-corrected chi connectivity index (χ0v) is 12.8. The Morgan fingerprint density at radius 2 is 1.92 bits per heavy atom. The molecule has 1 amide bonds. The summed E-state index contributed by atoms with van der Waals surface area (Å²) >= 11 is 0. The van der Waals surface area contributed by atoms with Gasteiger partial charge in [-0.05, 0) is 55.7 Å². The molecule has 1 aromatic carbocycles. The fraction of sp³-hybridized carbons (Fsp3) is 0.294. The standard InChI is InChI=1S/C17H16FNO5/c18-11-2-4-12(5-3-11)23-10-13-6-7-14(24-13)15(20)19-17(16(21)22)8-1-9-17/h2-7H,1,8-10H2,(H,19,20)(H,21,22). The highest BCUT2D eigenvalue weighted by atomic mass is 19.1. The van der Waals surface area contributed by atoms with E-state index >= 15 is 0 Å². The van der Waals surface area contributed by atoms with Crippen LogP contribution in [0.25, 0.3) is 0 Å². The van der Waals surface area contributed by atoms with Gasteiger partial charge in [-0.15, -0.1) is 0 Å². The monoisotopic (exact) mass is 333 g/mol. The first kappa shape index (κ1) is 16.0. The van der Waals surface area contributed by atoms with Crippen molar-refractivity contribution in [2.24, 2.45) is 0 Å². The van der Waals surface area contributed by atoms with Crippen molar-refractivity contribution >= 4 is 11.9 Å². The highest BCUT2D eigenvalue weighted by molar-refractivity contribution is 5.96. The Kier molecular flexibility index (Phi) is 4.24. The fourth-order valence-corrected chi connectivity index (χ4v) is 2.46. The van der Waals surface area contributed by atoms with Gasteiger partial charge in [-0.2, -0.15) is 0 Å². The van der Waals surface area contributed by atoms with Crippen molar-refractivity contribution in [3.05, 3.63) is 53.7 Å². The van der Waals surface area contributed by atoms with Crippen LogP contribution in [0.3, 0.4) is 0 Å². The lowest BCUT2D eigenvalue weighted by Crippen LogP contribution is -2.59. The van der Waals surface area contributed by atoms with Gasteiger partial charge in [0.25, 0.3) is 5.91 Å². The summed E-state index contributed by atoms with van der Waals surface area (Å²) in [5.74, 6) is -1.05. The molecule has 2 aromatic rings. The van der Waals surface area contributed by atoms with Gasteiger partial charge >= 0.3 is 5.97 Å². The number of amides is 1. The van der Waals surface area contributed by atoms with Crippen LogP contribution in [0.2, 0.25) is 0 Å². The van der Waals surface area contributed by atoms with Crippen molar-refractivity contribution in [3.8, 4) is 5.75 Å². The number of aliphatic carboxylic acids is 1. The van der Waals surface area contributed by atoms with Crippen LogP contribution in [0.5, 0.6) is 5.75 Å². The van der Waals surface area contributed by atoms with Crippen molar-refractivity contribution in [2.45, 2.75) is 31.4 Å². The van der Waals surface area contributed by atoms with E-state index in [2.05, 4.69) is 5.32 Å². The molecular weight excluding hydrogens is 317 g/mol. The number of carboxylic acids is 1. The molecule has 0 aliphatic heterocycles. The molecule has 1 heterocycles. The van der Waals surface area contributed by atoms with Gasteiger partial charge in [0.2, 0.25) is 0 Å². The van der Waals surface area contributed by atoms with Crippen LogP contribution in [0.4, 0.5) is 4.39 Å². The summed E-state index contributed by atoms with van der Waals surface area (Å²) in [6.45, 7) is 0.0724. The predicted octanol–water partition coefficient (Wildman–Crippen LogP) is 2.73. The minimum absolute atomic E-state index is 0.0280. The average molecular weight is 333 g/mol. The van der Waals surface area contributed by atoms with Crippen LogP contribution >= 0.6 is 0 Å². The van der Waals surface area contributed by atoms with Gasteiger partial charge in [-0.25, -0.2) is 9.18 Å². The van der Waals surface area contributed by atoms with E-state index in [1.165, 1.54) is 30.3 Å². The second-order valence-corrected chi connectivity index (χ2v) is 5.70. The molecule has 0 spiro atoms. The first-order chi connectivity index (χ1) is 11.5. The van der Waals surface area contributed by atoms with Gasteiger partial charge in [0.1, 0.15) is 29.5 Å². The van der Waals surface area contributed by atoms with Crippen molar-refractivity contribution < 1.29 is 28.2 Å². The van der Waals surface area contributed by atoms with E-state index in [-0.39, 0.29) is 18.2 Å². The van der Waals surface area contributed by atoms with Gasteiger partial charge in [0, 0.05) is 0 Å². The van der Waals surface area contributed by atoms with E-state index in [9.17, 15) is 19.1 Å². The first-order valence-corrected chi connectivity index (χ1v) is 7.51. The van der Waals surface area contributed by atoms with E-state index in [1.54, 1.807) is 6.07 Å². The summed E-state index contributed by atoms with van der Waals surface area (Å²) < 4.78 is 23.6. The van der Waals surface area contributed by atoms with Crippen LogP contribution in [0, 0.1) is 5.82 Å².